The van der Waals surface area contributed by atoms with Crippen LogP contribution in [0.15, 0.2) is 53.5 Å². The first-order valence-electron chi connectivity index (χ1n) is 14.2. The Hall–Kier alpha value is -2.58. The minimum Gasteiger partial charge on any atom is -0.444 e. The second-order valence-corrected chi connectivity index (χ2v) is 19.9. The fraction of sp³-hybridized carbons (Fsp3) is 0.621. The number of hydroxylamine groups is 1. The van der Waals surface area contributed by atoms with E-state index in [0.717, 1.165) is 28.9 Å². The number of para-hydroxylation sites is 1. The van der Waals surface area contributed by atoms with Gasteiger partial charge in [-0.3, -0.25) is 19.9 Å². The lowest BCUT2D eigenvalue weighted by molar-refractivity contribution is -0.388. The molecular weight excluding hydrogens is 578 g/mol. The molecule has 42 heavy (non-hydrogen) atoms. The highest BCUT2D eigenvalue weighted by atomic mass is 32.2. The van der Waals surface area contributed by atoms with Crippen molar-refractivity contribution in [2.75, 3.05) is 19.8 Å². The van der Waals surface area contributed by atoms with Crippen LogP contribution < -0.4 is 0 Å². The van der Waals surface area contributed by atoms with Crippen molar-refractivity contribution in [1.29, 1.82) is 0 Å². The monoisotopic (exact) mass is 623 g/mol. The fourth-order valence-corrected chi connectivity index (χ4v) is 6.99. The normalized spacial score (nSPS) is 20.3. The Kier molecular flexibility index (Phi) is 10.1. The van der Waals surface area contributed by atoms with Crippen LogP contribution in [-0.4, -0.2) is 74.6 Å². The molecule has 234 valence electrons. The number of sulfonamides is 1. The molecule has 0 saturated heterocycles. The predicted molar refractivity (Wildman–Crippen MR) is 163 cm³/mol. The molecule has 1 saturated carbocycles. The van der Waals surface area contributed by atoms with Crippen molar-refractivity contribution in [3.05, 3.63) is 58.7 Å². The summed E-state index contributed by atoms with van der Waals surface area (Å²) >= 11 is 0. The molecule has 1 aliphatic carbocycles. The van der Waals surface area contributed by atoms with Crippen LogP contribution in [0.5, 0.6) is 0 Å². The zero-order valence-electron chi connectivity index (χ0n) is 26.0. The van der Waals surface area contributed by atoms with E-state index in [9.17, 15) is 23.3 Å². The molecule has 1 aliphatic heterocycles. The molecule has 2 atom stereocenters. The quantitative estimate of drug-likeness (QED) is 0.126. The molecular formula is C29H45N3O8SSi. The molecule has 1 heterocycles. The van der Waals surface area contributed by atoms with E-state index in [1.54, 1.807) is 20.8 Å². The van der Waals surface area contributed by atoms with Crippen LogP contribution in [0.4, 0.5) is 10.5 Å². The van der Waals surface area contributed by atoms with Crippen molar-refractivity contribution in [2.24, 2.45) is 5.92 Å². The summed E-state index contributed by atoms with van der Waals surface area (Å²) < 4.78 is 41.1. The number of benzene rings is 1. The summed E-state index contributed by atoms with van der Waals surface area (Å²) in [7, 11) is -6.76. The van der Waals surface area contributed by atoms with E-state index in [4.69, 9.17) is 14.0 Å². The summed E-state index contributed by atoms with van der Waals surface area (Å²) in [6, 6.07) is 3.67. The molecule has 0 spiro atoms. The molecule has 0 radical (unpaired) electrons. The van der Waals surface area contributed by atoms with Crippen LogP contribution in [0.1, 0.15) is 54.4 Å². The van der Waals surface area contributed by atoms with Crippen molar-refractivity contribution in [1.82, 2.24) is 9.37 Å². The number of ether oxygens (including phenoxy) is 1. The highest BCUT2D eigenvalue weighted by molar-refractivity contribution is 7.89. The molecule has 0 N–H and O–H groups in total. The number of hydrogen-bond donors (Lipinski definition) is 0. The smallest absolute Gasteiger partial charge is 0.410 e. The summed E-state index contributed by atoms with van der Waals surface area (Å²) in [5.74, 6) is 0.140. The maximum atomic E-state index is 14.0. The van der Waals surface area contributed by atoms with Crippen molar-refractivity contribution in [3.63, 3.8) is 0 Å². The standard InChI is InChI=1S/C29H45N3O8SSi/c1-10-17-38-32(41(36,37)26-14-12-11-13-24(26)31(34)35)22-18-23(21-15-16-21)25(20-39-42(8,9)29(5,6)7)30(19-22)27(33)40-28(2,3)4/h10-14,18,21-22,25H,1,15-17,19-20H2,2-9H3. The Labute approximate surface area is 250 Å². The summed E-state index contributed by atoms with van der Waals surface area (Å²) in [5, 5.41) is 11.7. The number of nitro benzene ring substituents is 1. The fourth-order valence-electron chi connectivity index (χ4n) is 4.45. The maximum Gasteiger partial charge on any atom is 0.410 e. The van der Waals surface area contributed by atoms with Crippen LogP contribution in [0, 0.1) is 16.0 Å². The van der Waals surface area contributed by atoms with Crippen molar-refractivity contribution in [3.8, 4) is 0 Å². The largest absolute Gasteiger partial charge is 0.444 e. The van der Waals surface area contributed by atoms with Crippen LogP contribution in [0.2, 0.25) is 18.1 Å². The van der Waals surface area contributed by atoms with Gasteiger partial charge in [0.25, 0.3) is 15.7 Å². The summed E-state index contributed by atoms with van der Waals surface area (Å²) in [4.78, 5) is 31.4. The number of rotatable bonds is 11. The molecule has 1 aromatic rings. The van der Waals surface area contributed by atoms with Gasteiger partial charge in [-0.2, -0.15) is 0 Å². The van der Waals surface area contributed by atoms with Gasteiger partial charge >= 0.3 is 6.09 Å². The molecule has 0 bridgehead atoms. The summed E-state index contributed by atoms with van der Waals surface area (Å²) in [6.45, 7) is 19.6. The lowest BCUT2D eigenvalue weighted by atomic mass is 9.94. The molecule has 1 amide bonds. The molecule has 1 fully saturated rings. The van der Waals surface area contributed by atoms with Gasteiger partial charge in [-0.25, -0.2) is 13.2 Å². The second kappa shape index (κ2) is 12.6. The van der Waals surface area contributed by atoms with Crippen molar-refractivity contribution < 1.29 is 32.1 Å². The number of amides is 1. The Morgan fingerprint density at radius 2 is 1.81 bits per heavy atom. The van der Waals surface area contributed by atoms with Gasteiger partial charge in [-0.1, -0.05) is 49.5 Å². The van der Waals surface area contributed by atoms with Gasteiger partial charge in [0.15, 0.2) is 13.2 Å². The van der Waals surface area contributed by atoms with Gasteiger partial charge in [0.05, 0.1) is 30.2 Å². The van der Waals surface area contributed by atoms with Crippen molar-refractivity contribution >= 4 is 30.1 Å². The number of nitro groups is 1. The molecule has 11 nitrogen and oxygen atoms in total. The molecule has 3 rings (SSSR count). The second-order valence-electron chi connectivity index (χ2n) is 13.3. The number of carbonyl (C=O) groups is 1. The van der Waals surface area contributed by atoms with E-state index in [1.165, 1.54) is 29.2 Å². The van der Waals surface area contributed by atoms with E-state index in [1.807, 2.05) is 6.08 Å². The maximum absolute atomic E-state index is 14.0. The van der Waals surface area contributed by atoms with Crippen LogP contribution >= 0.6 is 0 Å². The third-order valence-electron chi connectivity index (χ3n) is 7.78. The number of hydrogen-bond acceptors (Lipinski definition) is 8. The third-order valence-corrected chi connectivity index (χ3v) is 14.0. The minimum absolute atomic E-state index is 0.0573. The zero-order valence-corrected chi connectivity index (χ0v) is 27.8. The number of nitrogens with zero attached hydrogens (tertiary/aromatic N) is 3. The van der Waals surface area contributed by atoms with Gasteiger partial charge in [0, 0.05) is 12.6 Å². The summed E-state index contributed by atoms with van der Waals surface area (Å²) in [6.07, 6.45) is 4.39. The van der Waals surface area contributed by atoms with Gasteiger partial charge in [0.2, 0.25) is 0 Å². The Morgan fingerprint density at radius 3 is 2.33 bits per heavy atom. The number of carbonyl (C=O) groups excluding carboxylic acids is 1. The Morgan fingerprint density at radius 1 is 1.19 bits per heavy atom. The first-order valence-corrected chi connectivity index (χ1v) is 18.5. The topological polar surface area (TPSA) is 129 Å². The van der Waals surface area contributed by atoms with Crippen LogP contribution in [0.25, 0.3) is 0 Å². The van der Waals surface area contributed by atoms with Crippen LogP contribution in [-0.2, 0) is 24.0 Å². The lowest BCUT2D eigenvalue weighted by Gasteiger charge is -2.44. The molecule has 13 heteroatoms. The van der Waals surface area contributed by atoms with Gasteiger partial charge < -0.3 is 9.16 Å². The molecule has 0 aromatic heterocycles. The molecule has 2 unspecified atom stereocenters. The molecule has 1 aromatic carbocycles. The average Bonchev–Trinajstić information content (AvgIpc) is 3.71. The minimum atomic E-state index is -4.56. The Bertz CT molecular complexity index is 1310. The zero-order chi connectivity index (χ0) is 31.7. The lowest BCUT2D eigenvalue weighted by Crippen LogP contribution is -2.57. The first-order chi connectivity index (χ1) is 19.3. The molecule has 2 aliphatic rings. The van der Waals surface area contributed by atoms with E-state index in [2.05, 4.69) is 40.4 Å². The van der Waals surface area contributed by atoms with E-state index in [0.29, 0.717) is 0 Å². The highest BCUT2D eigenvalue weighted by Crippen LogP contribution is 2.44. The first kappa shape index (κ1) is 33.9. The predicted octanol–water partition coefficient (Wildman–Crippen LogP) is 6.05. The SMILES string of the molecule is C=CCON(C1C=C(C2CC2)C(CO[Si](C)(C)C(C)(C)C)N(C(=O)OC(C)(C)C)C1)S(=O)(=O)c1ccccc1[N+](=O)[O-]. The average molecular weight is 624 g/mol. The highest BCUT2D eigenvalue weighted by Gasteiger charge is 2.47. The van der Waals surface area contributed by atoms with Gasteiger partial charge in [-0.05, 0) is 69.3 Å². The van der Waals surface area contributed by atoms with E-state index >= 15 is 0 Å². The van der Waals surface area contributed by atoms with Crippen LogP contribution in [0.3, 0.4) is 0 Å². The van der Waals surface area contributed by atoms with Crippen molar-refractivity contribution in [2.45, 2.75) is 95.1 Å². The van der Waals surface area contributed by atoms with Gasteiger partial charge in [0.1, 0.15) is 5.60 Å². The third kappa shape index (κ3) is 7.87. The van der Waals surface area contributed by atoms with Gasteiger partial charge in [-0.15, -0.1) is 6.58 Å². The van der Waals surface area contributed by atoms with E-state index in [-0.39, 0.29) is 30.7 Å². The summed E-state index contributed by atoms with van der Waals surface area (Å²) in [5.41, 5.74) is -0.494. The van der Waals surface area contributed by atoms with E-state index < -0.39 is 57.6 Å². The Balaban J connectivity index is 2.13.